The molecule has 8 heteroatoms. The largest absolute Gasteiger partial charge is 0.416 e. The maximum atomic E-state index is 12.6. The maximum Gasteiger partial charge on any atom is 0.416 e. The number of alkyl halides is 3. The van der Waals surface area contributed by atoms with Gasteiger partial charge in [0.2, 0.25) is 10.0 Å². The molecule has 0 radical (unpaired) electrons. The molecule has 2 N–H and O–H groups in total. The van der Waals surface area contributed by atoms with Crippen LogP contribution in [0.4, 0.5) is 13.2 Å². The number of benzene rings is 1. The molecule has 22 heavy (non-hydrogen) atoms. The van der Waals surface area contributed by atoms with E-state index in [2.05, 4.69) is 10.0 Å². The van der Waals surface area contributed by atoms with E-state index in [1.54, 1.807) is 0 Å². The smallest absolute Gasteiger partial charge is 0.314 e. The van der Waals surface area contributed by atoms with E-state index in [-0.39, 0.29) is 17.6 Å². The first-order valence-electron chi connectivity index (χ1n) is 7.05. The van der Waals surface area contributed by atoms with Crippen molar-refractivity contribution in [2.24, 2.45) is 0 Å². The fourth-order valence-corrected chi connectivity index (χ4v) is 4.02. The molecular formula is C14H19F3N2O2S. The van der Waals surface area contributed by atoms with Gasteiger partial charge in [-0.3, -0.25) is 0 Å². The van der Waals surface area contributed by atoms with Crippen molar-refractivity contribution in [3.05, 3.63) is 35.4 Å². The van der Waals surface area contributed by atoms with Gasteiger partial charge < -0.3 is 5.32 Å². The Labute approximate surface area is 128 Å². The van der Waals surface area contributed by atoms with Gasteiger partial charge >= 0.3 is 6.18 Å². The Morgan fingerprint density at radius 2 is 2.09 bits per heavy atom. The number of piperidine rings is 1. The molecule has 0 bridgehead atoms. The van der Waals surface area contributed by atoms with Crippen LogP contribution in [-0.4, -0.2) is 27.0 Å². The second kappa shape index (κ2) is 6.55. The molecule has 0 aromatic heterocycles. The lowest BCUT2D eigenvalue weighted by molar-refractivity contribution is -0.137. The fourth-order valence-electron chi connectivity index (χ4n) is 2.59. The highest BCUT2D eigenvalue weighted by atomic mass is 32.2. The van der Waals surface area contributed by atoms with Gasteiger partial charge in [0, 0.05) is 12.1 Å². The van der Waals surface area contributed by atoms with E-state index in [4.69, 9.17) is 0 Å². The van der Waals surface area contributed by atoms with E-state index in [1.807, 2.05) is 6.92 Å². The molecule has 1 aromatic carbocycles. The quantitative estimate of drug-likeness (QED) is 0.887. The minimum absolute atomic E-state index is 0.129. The third-order valence-electron chi connectivity index (χ3n) is 3.58. The van der Waals surface area contributed by atoms with Gasteiger partial charge in [0.25, 0.3) is 0 Å². The molecule has 0 saturated carbocycles. The van der Waals surface area contributed by atoms with Gasteiger partial charge in [0.05, 0.1) is 11.3 Å². The van der Waals surface area contributed by atoms with Crippen LogP contribution in [0.15, 0.2) is 24.3 Å². The first-order valence-corrected chi connectivity index (χ1v) is 8.70. The zero-order valence-electron chi connectivity index (χ0n) is 12.2. The third-order valence-corrected chi connectivity index (χ3v) is 4.99. The summed E-state index contributed by atoms with van der Waals surface area (Å²) in [5.74, 6) is -0.449. The van der Waals surface area contributed by atoms with Crippen LogP contribution in [0.2, 0.25) is 0 Å². The average molecular weight is 336 g/mol. The average Bonchev–Trinajstić information content (AvgIpc) is 2.36. The molecule has 1 aliphatic heterocycles. The van der Waals surface area contributed by atoms with Gasteiger partial charge in [-0.2, -0.15) is 13.2 Å². The van der Waals surface area contributed by atoms with Crippen LogP contribution in [0.1, 0.15) is 30.9 Å². The van der Waals surface area contributed by atoms with Gasteiger partial charge in [-0.15, -0.1) is 0 Å². The van der Waals surface area contributed by atoms with Crippen molar-refractivity contribution < 1.29 is 21.6 Å². The number of sulfonamides is 1. The Morgan fingerprint density at radius 3 is 2.73 bits per heavy atom. The highest BCUT2D eigenvalue weighted by Gasteiger charge is 2.31. The zero-order valence-corrected chi connectivity index (χ0v) is 13.0. The summed E-state index contributed by atoms with van der Waals surface area (Å²) in [6, 6.07) is 4.46. The summed E-state index contributed by atoms with van der Waals surface area (Å²) in [6.07, 6.45) is -3.13. The summed E-state index contributed by atoms with van der Waals surface area (Å²) in [4.78, 5) is 0. The Bertz CT molecular complexity index is 617. The van der Waals surface area contributed by atoms with Gasteiger partial charge in [-0.05, 0) is 37.9 Å². The van der Waals surface area contributed by atoms with Crippen molar-refractivity contribution in [2.45, 2.75) is 43.8 Å². The van der Waals surface area contributed by atoms with Crippen molar-refractivity contribution in [2.75, 3.05) is 6.54 Å². The first kappa shape index (κ1) is 17.2. The molecule has 0 aliphatic carbocycles. The van der Waals surface area contributed by atoms with Crippen molar-refractivity contribution in [1.29, 1.82) is 0 Å². The summed E-state index contributed by atoms with van der Waals surface area (Å²) in [7, 11) is -3.67. The van der Waals surface area contributed by atoms with E-state index in [1.165, 1.54) is 12.1 Å². The lowest BCUT2D eigenvalue weighted by Crippen LogP contribution is -2.46. The molecule has 2 atom stereocenters. The van der Waals surface area contributed by atoms with Crippen LogP contribution in [-0.2, 0) is 22.0 Å². The molecule has 1 aromatic rings. The summed E-state index contributed by atoms with van der Waals surface area (Å²) >= 11 is 0. The predicted molar refractivity (Wildman–Crippen MR) is 77.7 cm³/mol. The Kier molecular flexibility index (Phi) is 5.14. The second-order valence-corrected chi connectivity index (χ2v) is 7.41. The monoisotopic (exact) mass is 336 g/mol. The summed E-state index contributed by atoms with van der Waals surface area (Å²) in [5, 5.41) is 3.21. The lowest BCUT2D eigenvalue weighted by atomic mass is 10.0. The van der Waals surface area contributed by atoms with Crippen LogP contribution >= 0.6 is 0 Å². The van der Waals surface area contributed by atoms with E-state index in [0.29, 0.717) is 12.8 Å². The van der Waals surface area contributed by atoms with E-state index in [9.17, 15) is 21.6 Å². The fraction of sp³-hybridized carbons (Fsp3) is 0.571. The molecule has 1 fully saturated rings. The van der Waals surface area contributed by atoms with Gasteiger partial charge in [-0.1, -0.05) is 18.2 Å². The SMILES string of the molecule is CC1CC(NS(=O)(=O)Cc2cccc(C(F)(F)F)c2)CCN1. The first-order chi connectivity index (χ1) is 10.2. The Balaban J connectivity index is 2.05. The summed E-state index contributed by atoms with van der Waals surface area (Å²) < 4.78 is 64.8. The van der Waals surface area contributed by atoms with Gasteiger partial charge in [-0.25, -0.2) is 13.1 Å². The predicted octanol–water partition coefficient (Wildman–Crippen LogP) is 2.27. The number of hydrogen-bond acceptors (Lipinski definition) is 3. The van der Waals surface area contributed by atoms with Crippen LogP contribution in [0.25, 0.3) is 0 Å². The summed E-state index contributed by atoms with van der Waals surface area (Å²) in [5.41, 5.74) is -0.708. The number of rotatable bonds is 4. The standard InChI is InChI=1S/C14H19F3N2O2S/c1-10-7-13(5-6-18-10)19-22(20,21)9-11-3-2-4-12(8-11)14(15,16)17/h2-4,8,10,13,18-19H,5-7,9H2,1H3. The normalized spacial score (nSPS) is 23.5. The molecule has 2 unspecified atom stereocenters. The molecule has 1 saturated heterocycles. The van der Waals surface area contributed by atoms with Crippen molar-refractivity contribution in [1.82, 2.24) is 10.0 Å². The van der Waals surface area contributed by atoms with Crippen LogP contribution in [0, 0.1) is 0 Å². The van der Waals surface area contributed by atoms with E-state index < -0.39 is 27.5 Å². The maximum absolute atomic E-state index is 12.6. The second-order valence-electron chi connectivity index (χ2n) is 5.65. The van der Waals surface area contributed by atoms with Gasteiger partial charge in [0.1, 0.15) is 0 Å². The number of halogens is 3. The Hall–Kier alpha value is -1.12. The highest BCUT2D eigenvalue weighted by molar-refractivity contribution is 7.88. The van der Waals surface area contributed by atoms with Crippen molar-refractivity contribution in [3.63, 3.8) is 0 Å². The third kappa shape index (κ3) is 4.96. The molecule has 2 rings (SSSR count). The molecule has 0 spiro atoms. The number of hydrogen-bond donors (Lipinski definition) is 2. The van der Waals surface area contributed by atoms with Gasteiger partial charge in [0.15, 0.2) is 0 Å². The molecule has 124 valence electrons. The molecule has 1 aliphatic rings. The minimum atomic E-state index is -4.47. The van der Waals surface area contributed by atoms with Crippen LogP contribution in [0.3, 0.4) is 0 Å². The molecular weight excluding hydrogens is 317 g/mol. The van der Waals surface area contributed by atoms with Crippen LogP contribution < -0.4 is 10.0 Å². The van der Waals surface area contributed by atoms with Crippen molar-refractivity contribution >= 4 is 10.0 Å². The van der Waals surface area contributed by atoms with Crippen molar-refractivity contribution in [3.8, 4) is 0 Å². The Morgan fingerprint density at radius 1 is 1.36 bits per heavy atom. The topological polar surface area (TPSA) is 58.2 Å². The van der Waals surface area contributed by atoms with E-state index in [0.717, 1.165) is 18.7 Å². The zero-order chi connectivity index (χ0) is 16.4. The summed E-state index contributed by atoms with van der Waals surface area (Å²) in [6.45, 7) is 2.69. The van der Waals surface area contributed by atoms with Crippen LogP contribution in [0.5, 0.6) is 0 Å². The lowest BCUT2D eigenvalue weighted by Gasteiger charge is -2.28. The minimum Gasteiger partial charge on any atom is -0.314 e. The highest BCUT2D eigenvalue weighted by Crippen LogP contribution is 2.29. The molecule has 4 nitrogen and oxygen atoms in total. The molecule has 0 amide bonds. The number of nitrogens with one attached hydrogen (secondary N) is 2. The molecule has 1 heterocycles. The van der Waals surface area contributed by atoms with E-state index >= 15 is 0 Å².